The summed E-state index contributed by atoms with van der Waals surface area (Å²) < 4.78 is 2.41. The van der Waals surface area contributed by atoms with Gasteiger partial charge in [-0.15, -0.1) is 0 Å². The van der Waals surface area contributed by atoms with Crippen LogP contribution in [-0.4, -0.2) is 4.57 Å². The lowest BCUT2D eigenvalue weighted by atomic mass is 9.98. The van der Waals surface area contributed by atoms with Crippen LogP contribution in [0.3, 0.4) is 0 Å². The molecule has 2 aliphatic rings. The second-order valence-corrected chi connectivity index (χ2v) is 16.2. The molecular formula is C53H39N3S. The number of anilines is 5. The van der Waals surface area contributed by atoms with Gasteiger partial charge in [-0.3, -0.25) is 0 Å². The van der Waals surface area contributed by atoms with Gasteiger partial charge in [0.1, 0.15) is 0 Å². The van der Waals surface area contributed by atoms with Gasteiger partial charge in [0.05, 0.1) is 22.4 Å². The van der Waals surface area contributed by atoms with Crippen LogP contribution in [0.1, 0.15) is 13.3 Å². The van der Waals surface area contributed by atoms with E-state index in [9.17, 15) is 0 Å². The predicted molar refractivity (Wildman–Crippen MR) is 242 cm³/mol. The fourth-order valence-corrected chi connectivity index (χ4v) is 9.86. The standard InChI is InChI=1S/C53H39N3S/c1-36-12-11-17-44(32-36)54(41-15-3-2-4-16-41)42-26-28-43(29-27-42)55-48-19-8-7-18-46(48)47-34-39(23-30-49(47)55)40-24-31-51-53(35-40)57-52-21-10-9-20-50(52)56(51)45-25-22-37-13-5-6-14-38(37)33-45/h2-31,33-36H,32H2,1H3. The number of para-hydroxylation sites is 3. The summed E-state index contributed by atoms with van der Waals surface area (Å²) in [5.41, 5.74) is 13.2. The molecule has 1 aromatic heterocycles. The highest BCUT2D eigenvalue weighted by molar-refractivity contribution is 7.99. The Morgan fingerprint density at radius 2 is 1.21 bits per heavy atom. The van der Waals surface area contributed by atoms with Crippen molar-refractivity contribution in [3.05, 3.63) is 206 Å². The van der Waals surface area contributed by atoms with Crippen molar-refractivity contribution in [1.29, 1.82) is 0 Å². The summed E-state index contributed by atoms with van der Waals surface area (Å²) in [4.78, 5) is 7.33. The zero-order valence-electron chi connectivity index (χ0n) is 31.6. The van der Waals surface area contributed by atoms with Crippen LogP contribution in [0.4, 0.5) is 28.4 Å². The van der Waals surface area contributed by atoms with Gasteiger partial charge < -0.3 is 14.4 Å². The first kappa shape index (κ1) is 33.6. The van der Waals surface area contributed by atoms with Crippen LogP contribution in [0.15, 0.2) is 216 Å². The molecule has 11 rings (SSSR count). The molecule has 4 heteroatoms. The average Bonchev–Trinajstić information content (AvgIpc) is 3.59. The molecule has 9 aromatic rings. The van der Waals surface area contributed by atoms with Crippen molar-refractivity contribution in [1.82, 2.24) is 4.57 Å². The van der Waals surface area contributed by atoms with Gasteiger partial charge in [0.25, 0.3) is 0 Å². The van der Waals surface area contributed by atoms with Crippen molar-refractivity contribution >= 4 is 72.8 Å². The summed E-state index contributed by atoms with van der Waals surface area (Å²) in [6.45, 7) is 2.29. The van der Waals surface area contributed by atoms with Crippen molar-refractivity contribution in [2.45, 2.75) is 23.1 Å². The van der Waals surface area contributed by atoms with Crippen LogP contribution in [0.2, 0.25) is 0 Å². The maximum Gasteiger partial charge on any atom is 0.0602 e. The summed E-state index contributed by atoms with van der Waals surface area (Å²) in [7, 11) is 0. The van der Waals surface area contributed by atoms with E-state index in [4.69, 9.17) is 0 Å². The van der Waals surface area contributed by atoms with E-state index in [1.165, 1.54) is 81.9 Å². The molecule has 0 spiro atoms. The Morgan fingerprint density at radius 1 is 0.526 bits per heavy atom. The quantitative estimate of drug-likeness (QED) is 0.168. The number of aromatic nitrogens is 1. The third-order valence-electron chi connectivity index (χ3n) is 11.5. The molecule has 0 bridgehead atoms. The van der Waals surface area contributed by atoms with E-state index >= 15 is 0 Å². The number of fused-ring (bicyclic) bond motifs is 6. The van der Waals surface area contributed by atoms with Crippen LogP contribution < -0.4 is 9.80 Å². The van der Waals surface area contributed by atoms with Crippen LogP contribution in [-0.2, 0) is 0 Å². The van der Waals surface area contributed by atoms with Crippen LogP contribution >= 0.6 is 11.8 Å². The molecule has 8 aromatic carbocycles. The average molecular weight is 750 g/mol. The van der Waals surface area contributed by atoms with Gasteiger partial charge in [-0.25, -0.2) is 0 Å². The largest absolute Gasteiger partial charge is 0.314 e. The normalized spacial score (nSPS) is 14.8. The fourth-order valence-electron chi connectivity index (χ4n) is 8.76. The molecule has 1 aliphatic carbocycles. The van der Waals surface area contributed by atoms with E-state index < -0.39 is 0 Å². The Hall–Kier alpha value is -6.75. The summed E-state index contributed by atoms with van der Waals surface area (Å²) in [6, 6.07) is 66.7. The lowest BCUT2D eigenvalue weighted by Crippen LogP contribution is -2.19. The van der Waals surface area contributed by atoms with E-state index in [0.29, 0.717) is 5.92 Å². The van der Waals surface area contributed by atoms with Gasteiger partial charge in [-0.05, 0) is 131 Å². The van der Waals surface area contributed by atoms with Crippen molar-refractivity contribution < 1.29 is 0 Å². The fraction of sp³-hybridized carbons (Fsp3) is 0.0566. The molecule has 0 saturated carbocycles. The third kappa shape index (κ3) is 5.84. The molecule has 0 radical (unpaired) electrons. The van der Waals surface area contributed by atoms with E-state index in [2.05, 4.69) is 222 Å². The van der Waals surface area contributed by atoms with E-state index in [0.717, 1.165) is 17.8 Å². The van der Waals surface area contributed by atoms with Gasteiger partial charge in [0.15, 0.2) is 0 Å². The molecule has 1 unspecified atom stereocenters. The maximum atomic E-state index is 2.42. The lowest BCUT2D eigenvalue weighted by Gasteiger charge is -2.33. The van der Waals surface area contributed by atoms with Crippen molar-refractivity contribution in [3.8, 4) is 16.8 Å². The first-order valence-corrected chi connectivity index (χ1v) is 20.5. The highest BCUT2D eigenvalue weighted by Crippen LogP contribution is 2.52. The number of nitrogens with zero attached hydrogens (tertiary/aromatic N) is 3. The van der Waals surface area contributed by atoms with Crippen molar-refractivity contribution in [2.75, 3.05) is 9.80 Å². The van der Waals surface area contributed by atoms with E-state index in [-0.39, 0.29) is 0 Å². The van der Waals surface area contributed by atoms with Gasteiger partial charge in [0.2, 0.25) is 0 Å². The molecule has 0 saturated heterocycles. The molecule has 57 heavy (non-hydrogen) atoms. The second kappa shape index (κ2) is 13.8. The van der Waals surface area contributed by atoms with Gasteiger partial charge >= 0.3 is 0 Å². The van der Waals surface area contributed by atoms with Crippen LogP contribution in [0.5, 0.6) is 0 Å². The minimum Gasteiger partial charge on any atom is -0.314 e. The van der Waals surface area contributed by atoms with Gasteiger partial charge in [-0.1, -0.05) is 122 Å². The first-order chi connectivity index (χ1) is 28.2. The Labute approximate surface area is 337 Å². The number of rotatable bonds is 6. The number of hydrogen-bond acceptors (Lipinski definition) is 3. The zero-order valence-corrected chi connectivity index (χ0v) is 32.4. The number of allylic oxidation sites excluding steroid dienone is 4. The summed E-state index contributed by atoms with van der Waals surface area (Å²) in [5, 5.41) is 4.99. The summed E-state index contributed by atoms with van der Waals surface area (Å²) >= 11 is 1.86. The topological polar surface area (TPSA) is 11.4 Å². The Morgan fingerprint density at radius 3 is 2.09 bits per heavy atom. The molecule has 0 N–H and O–H groups in total. The summed E-state index contributed by atoms with van der Waals surface area (Å²) in [6.07, 6.45) is 7.74. The molecule has 0 amide bonds. The van der Waals surface area contributed by atoms with E-state index in [1.807, 2.05) is 11.8 Å². The minimum atomic E-state index is 0.500. The smallest absolute Gasteiger partial charge is 0.0602 e. The molecule has 272 valence electrons. The zero-order chi connectivity index (χ0) is 37.9. The SMILES string of the molecule is CC1C=CC=C(N(c2ccccc2)c2ccc(-n3c4ccccc4c4cc(-c5ccc6c(c5)Sc5ccccc5N6c5ccc6ccccc6c5)ccc43)cc2)C1. The summed E-state index contributed by atoms with van der Waals surface area (Å²) in [5.74, 6) is 0.500. The third-order valence-corrected chi connectivity index (χ3v) is 12.6. The van der Waals surface area contributed by atoms with Crippen molar-refractivity contribution in [3.63, 3.8) is 0 Å². The van der Waals surface area contributed by atoms with E-state index in [1.54, 1.807) is 0 Å². The Balaban J connectivity index is 0.981. The number of hydrogen-bond donors (Lipinski definition) is 0. The monoisotopic (exact) mass is 749 g/mol. The Bertz CT molecular complexity index is 3050. The molecule has 1 aliphatic heterocycles. The molecule has 1 atom stereocenters. The first-order valence-electron chi connectivity index (χ1n) is 19.7. The van der Waals surface area contributed by atoms with Gasteiger partial charge in [0, 0.05) is 49.0 Å². The lowest BCUT2D eigenvalue weighted by molar-refractivity contribution is 0.696. The van der Waals surface area contributed by atoms with Crippen LogP contribution in [0, 0.1) is 5.92 Å². The molecular weight excluding hydrogens is 711 g/mol. The highest BCUT2D eigenvalue weighted by atomic mass is 32.2. The predicted octanol–water partition coefficient (Wildman–Crippen LogP) is 15.2. The van der Waals surface area contributed by atoms with Crippen molar-refractivity contribution in [2.24, 2.45) is 5.92 Å². The molecule has 0 fully saturated rings. The van der Waals surface area contributed by atoms with Crippen LogP contribution in [0.25, 0.3) is 49.4 Å². The number of benzene rings is 8. The highest BCUT2D eigenvalue weighted by Gasteiger charge is 2.26. The Kier molecular flexibility index (Phi) is 8.11. The molecule has 2 heterocycles. The minimum absolute atomic E-state index is 0.500. The second-order valence-electron chi connectivity index (χ2n) is 15.1. The molecule has 3 nitrogen and oxygen atoms in total. The van der Waals surface area contributed by atoms with Gasteiger partial charge in [-0.2, -0.15) is 0 Å². The maximum absolute atomic E-state index is 2.42.